The number of carbonyl (C=O) groups is 1. The van der Waals surface area contributed by atoms with Gasteiger partial charge in [0.2, 0.25) is 0 Å². The lowest BCUT2D eigenvalue weighted by Crippen LogP contribution is -2.12. The zero-order valence-electron chi connectivity index (χ0n) is 17.1. The summed E-state index contributed by atoms with van der Waals surface area (Å²) in [6, 6.07) is 21.6. The second-order valence-electron chi connectivity index (χ2n) is 6.49. The molecule has 0 aliphatic heterocycles. The van der Waals surface area contributed by atoms with E-state index in [1.807, 2.05) is 73.0 Å². The number of ether oxygens (including phenoxy) is 1. The summed E-state index contributed by atoms with van der Waals surface area (Å²) in [5.41, 5.74) is 2.92. The van der Waals surface area contributed by atoms with E-state index in [2.05, 4.69) is 15.3 Å². The molecule has 0 amide bonds. The molecule has 0 aliphatic rings. The Morgan fingerprint density at radius 1 is 1.10 bits per heavy atom. The highest BCUT2D eigenvalue weighted by Gasteiger charge is 2.19. The Morgan fingerprint density at radius 3 is 2.48 bits per heavy atom. The van der Waals surface area contributed by atoms with Gasteiger partial charge in [0.1, 0.15) is 11.4 Å². The van der Waals surface area contributed by atoms with Gasteiger partial charge in [-0.1, -0.05) is 60.3 Å². The van der Waals surface area contributed by atoms with Crippen molar-refractivity contribution in [1.82, 2.24) is 19.7 Å². The fourth-order valence-electron chi connectivity index (χ4n) is 3.02. The van der Waals surface area contributed by atoms with Crippen LogP contribution in [0.15, 0.2) is 78.1 Å². The SMILES string of the molecule is CCOC(=O)c1cnc(SC)nc1Nc1cc(-c2ccccc2)nn1-c1ccccc1. The van der Waals surface area contributed by atoms with Crippen LogP contribution < -0.4 is 5.32 Å². The summed E-state index contributed by atoms with van der Waals surface area (Å²) in [6.45, 7) is 2.03. The van der Waals surface area contributed by atoms with Crippen molar-refractivity contribution in [2.45, 2.75) is 12.1 Å². The maximum absolute atomic E-state index is 12.5. The van der Waals surface area contributed by atoms with Gasteiger partial charge in [-0.05, 0) is 25.3 Å². The third-order valence-electron chi connectivity index (χ3n) is 4.47. The number of nitrogens with one attached hydrogen (secondary N) is 1. The first kappa shape index (κ1) is 20.6. The third kappa shape index (κ3) is 4.59. The highest BCUT2D eigenvalue weighted by molar-refractivity contribution is 7.98. The Hall–Kier alpha value is -3.65. The maximum atomic E-state index is 12.5. The van der Waals surface area contributed by atoms with Gasteiger partial charge in [0.15, 0.2) is 11.0 Å². The fraction of sp³-hybridized carbons (Fsp3) is 0.130. The molecule has 0 bridgehead atoms. The molecule has 2 heterocycles. The first-order chi connectivity index (χ1) is 15.2. The van der Waals surface area contributed by atoms with Gasteiger partial charge >= 0.3 is 5.97 Å². The van der Waals surface area contributed by atoms with E-state index in [0.717, 1.165) is 16.9 Å². The molecule has 0 aliphatic carbocycles. The standard InChI is InChI=1S/C23H21N5O2S/c1-3-30-22(29)18-15-24-23(31-2)26-21(18)25-20-14-19(16-10-6-4-7-11-16)27-28(20)17-12-8-5-9-13-17/h4-15H,3H2,1-2H3,(H,24,25,26). The molecule has 8 heteroatoms. The van der Waals surface area contributed by atoms with Crippen molar-refractivity contribution in [3.05, 3.63) is 78.5 Å². The van der Waals surface area contributed by atoms with E-state index in [0.29, 0.717) is 16.8 Å². The van der Waals surface area contributed by atoms with Gasteiger partial charge in [-0.25, -0.2) is 19.4 Å². The van der Waals surface area contributed by atoms with Crippen molar-refractivity contribution in [3.63, 3.8) is 0 Å². The lowest BCUT2D eigenvalue weighted by atomic mass is 10.1. The molecule has 31 heavy (non-hydrogen) atoms. The highest BCUT2D eigenvalue weighted by Crippen LogP contribution is 2.28. The van der Waals surface area contributed by atoms with Crippen LogP contribution in [0.3, 0.4) is 0 Å². The first-order valence-electron chi connectivity index (χ1n) is 9.75. The number of rotatable bonds is 7. The molecule has 2 aromatic carbocycles. The maximum Gasteiger partial charge on any atom is 0.343 e. The second-order valence-corrected chi connectivity index (χ2v) is 7.27. The first-order valence-corrected chi connectivity index (χ1v) is 11.0. The van der Waals surface area contributed by atoms with Gasteiger partial charge in [-0.3, -0.25) is 0 Å². The van der Waals surface area contributed by atoms with Crippen LogP contribution in [0.1, 0.15) is 17.3 Å². The van der Waals surface area contributed by atoms with Crippen molar-refractivity contribution in [1.29, 1.82) is 0 Å². The van der Waals surface area contributed by atoms with Crippen molar-refractivity contribution < 1.29 is 9.53 Å². The van der Waals surface area contributed by atoms with Crippen LogP contribution in [0.25, 0.3) is 16.9 Å². The molecule has 4 aromatic rings. The number of hydrogen-bond acceptors (Lipinski definition) is 7. The van der Waals surface area contributed by atoms with Crippen LogP contribution in [-0.2, 0) is 4.74 Å². The Bertz CT molecular complexity index is 1180. The molecule has 0 saturated heterocycles. The summed E-state index contributed by atoms with van der Waals surface area (Å²) >= 11 is 1.39. The summed E-state index contributed by atoms with van der Waals surface area (Å²) in [6.07, 6.45) is 3.37. The number of nitrogens with zero attached hydrogens (tertiary/aromatic N) is 4. The third-order valence-corrected chi connectivity index (χ3v) is 5.03. The Morgan fingerprint density at radius 2 is 1.81 bits per heavy atom. The molecular weight excluding hydrogens is 410 g/mol. The van der Waals surface area contributed by atoms with Crippen molar-refractivity contribution >= 4 is 29.4 Å². The minimum atomic E-state index is -0.480. The molecule has 0 atom stereocenters. The normalized spacial score (nSPS) is 10.6. The Labute approximate surface area is 184 Å². The van der Waals surface area contributed by atoms with Crippen LogP contribution in [0.4, 0.5) is 11.6 Å². The molecule has 2 aromatic heterocycles. The second kappa shape index (κ2) is 9.44. The molecule has 156 valence electrons. The summed E-state index contributed by atoms with van der Waals surface area (Å²) < 4.78 is 6.97. The molecule has 0 spiro atoms. The van der Waals surface area contributed by atoms with Crippen LogP contribution in [-0.4, -0.2) is 38.6 Å². The highest BCUT2D eigenvalue weighted by atomic mass is 32.2. The van der Waals surface area contributed by atoms with E-state index in [-0.39, 0.29) is 12.2 Å². The van der Waals surface area contributed by atoms with Gasteiger partial charge in [-0.15, -0.1) is 0 Å². The van der Waals surface area contributed by atoms with Crippen molar-refractivity contribution in [3.8, 4) is 16.9 Å². The van der Waals surface area contributed by atoms with Gasteiger partial charge < -0.3 is 10.1 Å². The minimum absolute atomic E-state index is 0.265. The van der Waals surface area contributed by atoms with E-state index in [4.69, 9.17) is 9.84 Å². The van der Waals surface area contributed by atoms with E-state index in [1.165, 1.54) is 18.0 Å². The molecule has 0 radical (unpaired) electrons. The van der Waals surface area contributed by atoms with Gasteiger partial charge in [-0.2, -0.15) is 5.10 Å². The molecule has 7 nitrogen and oxygen atoms in total. The predicted molar refractivity (Wildman–Crippen MR) is 122 cm³/mol. The number of thioether (sulfide) groups is 1. The molecule has 4 rings (SSSR count). The van der Waals surface area contributed by atoms with E-state index in [1.54, 1.807) is 11.6 Å². The largest absolute Gasteiger partial charge is 0.462 e. The quantitative estimate of drug-likeness (QED) is 0.251. The summed E-state index contributed by atoms with van der Waals surface area (Å²) in [7, 11) is 0. The van der Waals surface area contributed by atoms with Crippen LogP contribution in [0.2, 0.25) is 0 Å². The number of hydrogen-bond donors (Lipinski definition) is 1. The topological polar surface area (TPSA) is 81.9 Å². The Balaban J connectivity index is 1.81. The number of benzene rings is 2. The van der Waals surface area contributed by atoms with Crippen LogP contribution in [0.5, 0.6) is 0 Å². The number of anilines is 2. The zero-order valence-corrected chi connectivity index (χ0v) is 18.0. The van der Waals surface area contributed by atoms with Crippen LogP contribution in [0, 0.1) is 0 Å². The average Bonchev–Trinajstić information content (AvgIpc) is 3.24. The van der Waals surface area contributed by atoms with Gasteiger partial charge in [0.25, 0.3) is 0 Å². The fourth-order valence-corrected chi connectivity index (χ4v) is 3.37. The van der Waals surface area contributed by atoms with E-state index >= 15 is 0 Å². The Kier molecular flexibility index (Phi) is 6.28. The van der Waals surface area contributed by atoms with Gasteiger partial charge in [0, 0.05) is 17.8 Å². The van der Waals surface area contributed by atoms with Crippen LogP contribution >= 0.6 is 11.8 Å². The smallest absolute Gasteiger partial charge is 0.343 e. The molecule has 0 saturated carbocycles. The molecule has 0 unspecified atom stereocenters. The zero-order chi connectivity index (χ0) is 21.6. The summed E-state index contributed by atoms with van der Waals surface area (Å²) in [5.74, 6) is 0.558. The number of aromatic nitrogens is 4. The van der Waals surface area contributed by atoms with E-state index < -0.39 is 5.97 Å². The predicted octanol–water partition coefficient (Wildman–Crippen LogP) is 4.97. The number of esters is 1. The van der Waals surface area contributed by atoms with Crippen molar-refractivity contribution in [2.24, 2.45) is 0 Å². The van der Waals surface area contributed by atoms with Gasteiger partial charge in [0.05, 0.1) is 18.0 Å². The molecule has 0 fully saturated rings. The summed E-state index contributed by atoms with van der Waals surface area (Å²) in [4.78, 5) is 21.2. The lowest BCUT2D eigenvalue weighted by Gasteiger charge is -2.12. The molecule has 1 N–H and O–H groups in total. The molecular formula is C23H21N5O2S. The minimum Gasteiger partial charge on any atom is -0.462 e. The lowest BCUT2D eigenvalue weighted by molar-refractivity contribution is 0.0526. The number of carbonyl (C=O) groups excluding carboxylic acids is 1. The monoisotopic (exact) mass is 431 g/mol. The van der Waals surface area contributed by atoms with Crippen molar-refractivity contribution in [2.75, 3.05) is 18.2 Å². The number of para-hydroxylation sites is 1. The van der Waals surface area contributed by atoms with E-state index in [9.17, 15) is 4.79 Å². The summed E-state index contributed by atoms with van der Waals surface area (Å²) in [5, 5.41) is 8.61. The average molecular weight is 432 g/mol.